The minimum atomic E-state index is -0.945. The molecular weight excluding hydrogens is 602 g/mol. The Kier molecular flexibility index (Phi) is 8.77. The summed E-state index contributed by atoms with van der Waals surface area (Å²) in [6.07, 6.45) is 7.68. The molecule has 12 heteroatoms. The zero-order valence-electron chi connectivity index (χ0n) is 24.8. The molecule has 3 atom stereocenters. The highest BCUT2D eigenvalue weighted by atomic mass is 32.2. The molecule has 0 saturated carbocycles. The average molecular weight is 635 g/mol. The number of fused-ring (bicyclic) bond motifs is 3. The average Bonchev–Trinajstić information content (AvgIpc) is 3.09. The maximum atomic E-state index is 15.5. The summed E-state index contributed by atoms with van der Waals surface area (Å²) in [5.74, 6) is -2.28. The van der Waals surface area contributed by atoms with Gasteiger partial charge in [0.1, 0.15) is 6.17 Å². The van der Waals surface area contributed by atoms with E-state index in [2.05, 4.69) is 0 Å². The van der Waals surface area contributed by atoms with Crippen molar-refractivity contribution in [3.63, 3.8) is 0 Å². The van der Waals surface area contributed by atoms with Gasteiger partial charge in [0.15, 0.2) is 17.3 Å². The predicted molar refractivity (Wildman–Crippen MR) is 168 cm³/mol. The lowest BCUT2D eigenvalue weighted by molar-refractivity contribution is -0.0223. The number of hydrogen-bond acceptors (Lipinski definition) is 7. The number of benzene rings is 2. The molecule has 0 aliphatic carbocycles. The Morgan fingerprint density at radius 2 is 1.89 bits per heavy atom. The number of allylic oxidation sites excluding steroid dienone is 2. The molecule has 3 aliphatic heterocycles. The number of para-hydroxylation sites is 1. The molecule has 1 saturated heterocycles. The van der Waals surface area contributed by atoms with Crippen LogP contribution in [0.4, 0.5) is 19.3 Å². The van der Waals surface area contributed by atoms with E-state index in [1.54, 1.807) is 41.3 Å². The Hall–Kier alpha value is -4.42. The van der Waals surface area contributed by atoms with Crippen molar-refractivity contribution in [1.82, 2.24) is 9.58 Å². The van der Waals surface area contributed by atoms with Crippen LogP contribution in [0.5, 0.6) is 5.75 Å². The van der Waals surface area contributed by atoms with Crippen molar-refractivity contribution in [1.29, 1.82) is 0 Å². The fourth-order valence-corrected chi connectivity index (χ4v) is 6.82. The molecule has 3 aromatic rings. The first-order chi connectivity index (χ1) is 21.8. The molecule has 0 bridgehead atoms. The van der Waals surface area contributed by atoms with E-state index in [1.165, 1.54) is 40.6 Å². The first kappa shape index (κ1) is 30.6. The van der Waals surface area contributed by atoms with Crippen molar-refractivity contribution in [2.75, 3.05) is 42.5 Å². The number of aromatic nitrogens is 1. The number of morpholine rings is 1. The molecule has 1 aromatic heterocycles. The van der Waals surface area contributed by atoms with Gasteiger partial charge in [-0.1, -0.05) is 55.5 Å². The van der Waals surface area contributed by atoms with E-state index in [-0.39, 0.29) is 42.7 Å². The van der Waals surface area contributed by atoms with E-state index in [0.717, 1.165) is 6.07 Å². The lowest BCUT2D eigenvalue weighted by Crippen LogP contribution is -2.66. The zero-order valence-corrected chi connectivity index (χ0v) is 25.6. The Morgan fingerprint density at radius 1 is 1.09 bits per heavy atom. The Morgan fingerprint density at radius 3 is 2.69 bits per heavy atom. The lowest BCUT2D eigenvalue weighted by atomic mass is 9.89. The Labute approximate surface area is 263 Å². The molecule has 0 spiro atoms. The van der Waals surface area contributed by atoms with E-state index >= 15 is 4.39 Å². The summed E-state index contributed by atoms with van der Waals surface area (Å²) in [6, 6.07) is 12.0. The fraction of sp³-hybridized carbons (Fsp3) is 0.303. The smallest absolute Gasteiger partial charge is 0.403 e. The molecule has 234 valence electrons. The molecule has 6 rings (SSSR count). The van der Waals surface area contributed by atoms with Crippen LogP contribution in [-0.4, -0.2) is 60.3 Å². The highest BCUT2D eigenvalue weighted by Gasteiger charge is 2.46. The number of hydrogen-bond donors (Lipinski definition) is 0. The van der Waals surface area contributed by atoms with Crippen LogP contribution in [0.15, 0.2) is 83.8 Å². The van der Waals surface area contributed by atoms with Crippen molar-refractivity contribution in [3.05, 3.63) is 118 Å². The quantitative estimate of drug-likeness (QED) is 0.389. The van der Waals surface area contributed by atoms with Gasteiger partial charge >= 0.3 is 6.09 Å². The van der Waals surface area contributed by atoms with Crippen LogP contribution < -0.4 is 20.1 Å². The van der Waals surface area contributed by atoms with Crippen LogP contribution in [0.2, 0.25) is 0 Å². The maximum Gasteiger partial charge on any atom is 0.419 e. The minimum Gasteiger partial charge on any atom is -0.403 e. The third-order valence-corrected chi connectivity index (χ3v) is 9.14. The standard InChI is InChI=1S/C33H32F2N4O5S/c1-21-9-5-4-8-18-45-20-24-23(12-13-25(34)28(24)35)29(21)39-27-19-43-17-16-37(27)32(41)30-31(26(40)14-15-38(30)39)44-33(42)36(2)22-10-6-3-7-11-22/h3-15,21,27,29H,16-20H2,1-2H3/b8-4-,9-5-/t21?,27-,29-/m1/s1. The van der Waals surface area contributed by atoms with Crippen LogP contribution in [-0.2, 0) is 10.5 Å². The van der Waals surface area contributed by atoms with Crippen LogP contribution in [0.1, 0.15) is 34.6 Å². The van der Waals surface area contributed by atoms with Gasteiger partial charge in [-0.25, -0.2) is 13.6 Å². The maximum absolute atomic E-state index is 15.5. The Balaban J connectivity index is 1.53. The van der Waals surface area contributed by atoms with Gasteiger partial charge in [0.05, 0.1) is 19.3 Å². The number of nitrogens with zero attached hydrogens (tertiary/aromatic N) is 4. The largest absolute Gasteiger partial charge is 0.419 e. The van der Waals surface area contributed by atoms with E-state index in [1.807, 2.05) is 36.2 Å². The van der Waals surface area contributed by atoms with Crippen LogP contribution in [0.25, 0.3) is 0 Å². The fourth-order valence-electron chi connectivity index (χ4n) is 5.96. The topological polar surface area (TPSA) is 84.3 Å². The number of pyridine rings is 1. The van der Waals surface area contributed by atoms with Crippen molar-refractivity contribution in [2.24, 2.45) is 5.92 Å². The number of rotatable bonds is 3. The zero-order chi connectivity index (χ0) is 31.7. The molecule has 1 unspecified atom stereocenters. The molecule has 2 amide bonds. The van der Waals surface area contributed by atoms with Gasteiger partial charge in [0.2, 0.25) is 11.2 Å². The summed E-state index contributed by atoms with van der Waals surface area (Å²) in [5.41, 5.74) is 0.497. The summed E-state index contributed by atoms with van der Waals surface area (Å²) < 4.78 is 43.2. The first-order valence-corrected chi connectivity index (χ1v) is 15.7. The highest BCUT2D eigenvalue weighted by Crippen LogP contribution is 2.40. The molecule has 45 heavy (non-hydrogen) atoms. The summed E-state index contributed by atoms with van der Waals surface area (Å²) in [5, 5.41) is 1.85. The minimum absolute atomic E-state index is 0.129. The highest BCUT2D eigenvalue weighted by molar-refractivity contribution is 7.98. The molecule has 0 N–H and O–H groups in total. The predicted octanol–water partition coefficient (Wildman–Crippen LogP) is 5.25. The van der Waals surface area contributed by atoms with E-state index in [9.17, 15) is 18.8 Å². The third-order valence-electron chi connectivity index (χ3n) is 8.22. The first-order valence-electron chi connectivity index (χ1n) is 14.6. The number of anilines is 1. The number of carbonyl (C=O) groups is 2. The molecule has 9 nitrogen and oxygen atoms in total. The van der Waals surface area contributed by atoms with Gasteiger partial charge < -0.3 is 14.4 Å². The van der Waals surface area contributed by atoms with Crippen LogP contribution in [0, 0.1) is 17.6 Å². The van der Waals surface area contributed by atoms with Crippen molar-refractivity contribution < 1.29 is 27.8 Å². The molecular formula is C33H32F2N4O5S. The lowest BCUT2D eigenvalue weighted by Gasteiger charge is -2.52. The van der Waals surface area contributed by atoms with Gasteiger partial charge in [-0.15, -0.1) is 0 Å². The Bertz CT molecular complexity index is 1730. The number of ether oxygens (including phenoxy) is 2. The molecule has 4 heterocycles. The second-order valence-electron chi connectivity index (χ2n) is 11.0. The number of thioether (sulfide) groups is 1. The van der Waals surface area contributed by atoms with Crippen molar-refractivity contribution >= 4 is 29.4 Å². The third kappa shape index (κ3) is 5.75. The van der Waals surface area contributed by atoms with Crippen LogP contribution >= 0.6 is 11.8 Å². The van der Waals surface area contributed by atoms with E-state index in [4.69, 9.17) is 9.47 Å². The van der Waals surface area contributed by atoms with Gasteiger partial charge in [-0.2, -0.15) is 11.8 Å². The number of carbonyl (C=O) groups excluding carboxylic acids is 2. The van der Waals surface area contributed by atoms with Crippen molar-refractivity contribution in [2.45, 2.75) is 24.9 Å². The number of halogens is 2. The number of amides is 2. The summed E-state index contributed by atoms with van der Waals surface area (Å²) in [4.78, 5) is 43.5. The monoisotopic (exact) mass is 634 g/mol. The van der Waals surface area contributed by atoms with E-state index < -0.39 is 47.0 Å². The summed E-state index contributed by atoms with van der Waals surface area (Å²) >= 11 is 1.45. The normalized spacial score (nSPS) is 22.8. The second kappa shape index (κ2) is 12.9. The SMILES string of the molecule is CC1/C=C\C=C/CSCc2c(ccc(F)c2F)[C@@H]1N1[C@@H]2COCCN2C(=O)c2c(OC(=O)N(C)c3ccccc3)c(=O)ccn21. The van der Waals surface area contributed by atoms with Gasteiger partial charge in [0, 0.05) is 54.5 Å². The van der Waals surface area contributed by atoms with Crippen molar-refractivity contribution in [3.8, 4) is 5.75 Å². The van der Waals surface area contributed by atoms with Gasteiger partial charge in [-0.05, 0) is 23.8 Å². The van der Waals surface area contributed by atoms with E-state index in [0.29, 0.717) is 17.0 Å². The van der Waals surface area contributed by atoms with Gasteiger partial charge in [0.25, 0.3) is 5.91 Å². The molecule has 2 aromatic carbocycles. The molecule has 1 fully saturated rings. The second-order valence-corrected chi connectivity index (χ2v) is 12.0. The molecule has 0 radical (unpaired) electrons. The van der Waals surface area contributed by atoms with Gasteiger partial charge in [-0.3, -0.25) is 24.2 Å². The summed E-state index contributed by atoms with van der Waals surface area (Å²) in [7, 11) is 1.50. The summed E-state index contributed by atoms with van der Waals surface area (Å²) in [6.45, 7) is 2.55. The molecule has 3 aliphatic rings. The van der Waals surface area contributed by atoms with Crippen LogP contribution in [0.3, 0.4) is 0 Å².